The molecule has 0 unspecified atom stereocenters. The van der Waals surface area contributed by atoms with Crippen LogP contribution in [0.25, 0.3) is 33.5 Å². The summed E-state index contributed by atoms with van der Waals surface area (Å²) < 4.78 is 2.11. The molecule has 2 heteroatoms. The number of hydrogen-bond acceptors (Lipinski definition) is 1. The van der Waals surface area contributed by atoms with Crippen molar-refractivity contribution >= 4 is 0 Å². The van der Waals surface area contributed by atoms with E-state index in [-0.39, 0.29) is 0 Å². The smallest absolute Gasteiger partial charge is 0.0859 e. The van der Waals surface area contributed by atoms with E-state index in [1.165, 1.54) is 78.0 Å². The lowest BCUT2D eigenvalue weighted by atomic mass is 9.93. The van der Waals surface area contributed by atoms with Gasteiger partial charge in [-0.05, 0) is 102 Å². The summed E-state index contributed by atoms with van der Waals surface area (Å²) in [6.45, 7) is 11.1. The molecule has 158 valence electrons. The first-order chi connectivity index (χ1) is 15.3. The molecule has 0 N–H and O–H groups in total. The monoisotopic (exact) mass is 417 g/mol. The third kappa shape index (κ3) is 2.53. The molecular weight excluding hydrogens is 388 g/mol. The number of hydrogen-bond donors (Lipinski definition) is 0. The minimum atomic E-state index is 0.986. The molecule has 2 nitrogen and oxygen atoms in total. The second-order valence-corrected chi connectivity index (χ2v) is 9.74. The van der Waals surface area contributed by atoms with Crippen molar-refractivity contribution in [2.75, 3.05) is 0 Å². The Morgan fingerprint density at radius 1 is 0.688 bits per heavy atom. The van der Waals surface area contributed by atoms with Gasteiger partial charge in [0.1, 0.15) is 5.69 Å². The quantitative estimate of drug-likeness (QED) is 0.289. The fourth-order valence-corrected chi connectivity index (χ4v) is 6.14. The molecule has 6 rings (SSSR count). The third-order valence-electron chi connectivity index (χ3n) is 7.75. The van der Waals surface area contributed by atoms with E-state index in [1.807, 2.05) is 0 Å². The average Bonchev–Trinajstić information content (AvgIpc) is 3.31. The molecule has 1 heterocycles. The maximum Gasteiger partial charge on any atom is 0.243 e. The van der Waals surface area contributed by atoms with Crippen molar-refractivity contribution in [3.8, 4) is 33.5 Å². The normalized spacial score (nSPS) is 13.1. The summed E-state index contributed by atoms with van der Waals surface area (Å²) in [7, 11) is 2.10. The van der Waals surface area contributed by atoms with Gasteiger partial charge in [0.15, 0.2) is 7.05 Å². The van der Waals surface area contributed by atoms with Crippen LogP contribution in [0.1, 0.15) is 50.2 Å². The van der Waals surface area contributed by atoms with Crippen molar-refractivity contribution in [1.82, 2.24) is 5.10 Å². The summed E-state index contributed by atoms with van der Waals surface area (Å²) in [4.78, 5) is 0. The maximum atomic E-state index is 4.98. The molecular formula is C30H29N2+. The lowest BCUT2D eigenvalue weighted by Gasteiger charge is -2.12. The predicted octanol–water partition coefficient (Wildman–Crippen LogP) is 6.26. The van der Waals surface area contributed by atoms with Gasteiger partial charge in [0.25, 0.3) is 0 Å². The van der Waals surface area contributed by atoms with E-state index >= 15 is 0 Å². The van der Waals surface area contributed by atoms with E-state index in [9.17, 15) is 0 Å². The largest absolute Gasteiger partial charge is 0.243 e. The van der Waals surface area contributed by atoms with Gasteiger partial charge in [0.2, 0.25) is 5.69 Å². The number of aromatic nitrogens is 2. The van der Waals surface area contributed by atoms with E-state index in [4.69, 9.17) is 5.10 Å². The molecule has 4 aromatic rings. The van der Waals surface area contributed by atoms with Gasteiger partial charge < -0.3 is 0 Å². The standard InChI is InChI=1S/C30H29N2/c1-16-12-18(3)19(4)25(13-16)30-28-15-27-23(29(28)20(5)31-32(30)6)11-10-22-21-9-7-8-17(2)24(21)14-26(22)27/h7-13H,14-15H2,1-6H3/q+1. The molecule has 0 saturated heterocycles. The summed E-state index contributed by atoms with van der Waals surface area (Å²) >= 11 is 0. The second-order valence-electron chi connectivity index (χ2n) is 9.74. The van der Waals surface area contributed by atoms with Crippen molar-refractivity contribution in [2.24, 2.45) is 7.05 Å². The lowest BCUT2D eigenvalue weighted by molar-refractivity contribution is -0.721. The highest BCUT2D eigenvalue weighted by molar-refractivity contribution is 5.90. The zero-order valence-corrected chi connectivity index (χ0v) is 19.9. The fourth-order valence-electron chi connectivity index (χ4n) is 6.14. The predicted molar refractivity (Wildman–Crippen MR) is 131 cm³/mol. The van der Waals surface area contributed by atoms with Crippen LogP contribution < -0.4 is 4.68 Å². The first-order valence-electron chi connectivity index (χ1n) is 11.6. The fraction of sp³-hybridized carbons (Fsp3) is 0.267. The minimum absolute atomic E-state index is 0.986. The molecule has 0 saturated carbocycles. The Balaban J connectivity index is 1.60. The Kier molecular flexibility index (Phi) is 4.02. The highest BCUT2D eigenvalue weighted by Gasteiger charge is 2.35. The number of fused-ring (bicyclic) bond motifs is 7. The van der Waals surface area contributed by atoms with Crippen LogP contribution in [-0.2, 0) is 19.9 Å². The number of nitrogens with zero attached hydrogens (tertiary/aromatic N) is 2. The van der Waals surface area contributed by atoms with Crippen LogP contribution in [0, 0.1) is 34.6 Å². The van der Waals surface area contributed by atoms with Crippen LogP contribution in [0.4, 0.5) is 0 Å². The van der Waals surface area contributed by atoms with Crippen molar-refractivity contribution in [2.45, 2.75) is 47.5 Å². The van der Waals surface area contributed by atoms with E-state index in [1.54, 1.807) is 0 Å². The van der Waals surface area contributed by atoms with Gasteiger partial charge in [-0.3, -0.25) is 0 Å². The molecule has 0 bridgehead atoms. The van der Waals surface area contributed by atoms with E-state index in [0.29, 0.717) is 0 Å². The summed E-state index contributed by atoms with van der Waals surface area (Å²) in [6.07, 6.45) is 2.03. The maximum absolute atomic E-state index is 4.98. The van der Waals surface area contributed by atoms with Gasteiger partial charge >= 0.3 is 0 Å². The second kappa shape index (κ2) is 6.62. The molecule has 32 heavy (non-hydrogen) atoms. The zero-order chi connectivity index (χ0) is 22.3. The summed E-state index contributed by atoms with van der Waals surface area (Å²) in [5, 5.41) is 4.98. The van der Waals surface area contributed by atoms with Crippen LogP contribution in [0.15, 0.2) is 42.5 Å². The third-order valence-corrected chi connectivity index (χ3v) is 7.75. The molecule has 0 amide bonds. The summed E-state index contributed by atoms with van der Waals surface area (Å²) in [5.41, 5.74) is 20.7. The molecule has 0 radical (unpaired) electrons. The number of rotatable bonds is 1. The van der Waals surface area contributed by atoms with Crippen LogP contribution in [0.2, 0.25) is 0 Å². The number of aryl methyl sites for hydroxylation is 5. The SMILES string of the molecule is Cc1cc(C)c(C)c(-c2c3c(c(C)n[n+]2C)-c2ccc4c(c2C3)Cc2c(C)cccc2-4)c1. The van der Waals surface area contributed by atoms with Gasteiger partial charge in [-0.15, -0.1) is 0 Å². The van der Waals surface area contributed by atoms with Gasteiger partial charge in [-0.1, -0.05) is 46.6 Å². The highest BCUT2D eigenvalue weighted by Crippen LogP contribution is 2.49. The Labute approximate surface area is 190 Å². The van der Waals surface area contributed by atoms with Crippen molar-refractivity contribution in [1.29, 1.82) is 0 Å². The van der Waals surface area contributed by atoms with Crippen molar-refractivity contribution < 1.29 is 4.68 Å². The average molecular weight is 418 g/mol. The first kappa shape index (κ1) is 19.4. The highest BCUT2D eigenvalue weighted by atomic mass is 15.3. The molecule has 1 aromatic heterocycles. The molecule has 2 aliphatic carbocycles. The Hall–Kier alpha value is -3.26. The Morgan fingerprint density at radius 3 is 2.19 bits per heavy atom. The van der Waals surface area contributed by atoms with Crippen LogP contribution in [-0.4, -0.2) is 5.10 Å². The van der Waals surface area contributed by atoms with E-state index in [2.05, 4.69) is 88.8 Å². The molecule has 2 aliphatic rings. The molecule has 0 aliphatic heterocycles. The van der Waals surface area contributed by atoms with E-state index < -0.39 is 0 Å². The van der Waals surface area contributed by atoms with E-state index in [0.717, 1.165) is 18.5 Å². The van der Waals surface area contributed by atoms with Crippen molar-refractivity contribution in [3.63, 3.8) is 0 Å². The van der Waals surface area contributed by atoms with Crippen molar-refractivity contribution in [3.05, 3.63) is 92.7 Å². The Morgan fingerprint density at radius 2 is 1.38 bits per heavy atom. The van der Waals surface area contributed by atoms with Gasteiger partial charge in [-0.2, -0.15) is 0 Å². The lowest BCUT2D eigenvalue weighted by Crippen LogP contribution is -2.38. The van der Waals surface area contributed by atoms with Gasteiger partial charge in [-0.25, -0.2) is 0 Å². The summed E-state index contributed by atoms with van der Waals surface area (Å²) in [6, 6.07) is 16.0. The Bertz CT molecular complexity index is 1470. The number of benzene rings is 3. The first-order valence-corrected chi connectivity index (χ1v) is 11.6. The molecule has 0 spiro atoms. The van der Waals surface area contributed by atoms with Crippen LogP contribution in [0.3, 0.4) is 0 Å². The molecule has 3 aromatic carbocycles. The zero-order valence-electron chi connectivity index (χ0n) is 19.9. The van der Waals surface area contributed by atoms with Gasteiger partial charge in [0, 0.05) is 17.5 Å². The topological polar surface area (TPSA) is 16.8 Å². The van der Waals surface area contributed by atoms with Crippen LogP contribution >= 0.6 is 0 Å². The summed E-state index contributed by atoms with van der Waals surface area (Å²) in [5.74, 6) is 0. The molecule has 0 atom stereocenters. The van der Waals surface area contributed by atoms with Crippen LogP contribution in [0.5, 0.6) is 0 Å². The molecule has 0 fully saturated rings. The van der Waals surface area contributed by atoms with Gasteiger partial charge in [0.05, 0.1) is 5.56 Å². The minimum Gasteiger partial charge on any atom is -0.0859 e.